The third kappa shape index (κ3) is 7.04. The molecule has 1 aromatic heterocycles. The van der Waals surface area contributed by atoms with Gasteiger partial charge in [0, 0.05) is 29.3 Å². The van der Waals surface area contributed by atoms with E-state index in [1.165, 1.54) is 0 Å². The molecule has 28 heavy (non-hydrogen) atoms. The summed E-state index contributed by atoms with van der Waals surface area (Å²) in [7, 11) is 0. The van der Waals surface area contributed by atoms with Crippen LogP contribution in [-0.2, 0) is 9.47 Å². The van der Waals surface area contributed by atoms with Gasteiger partial charge < -0.3 is 14.8 Å². The van der Waals surface area contributed by atoms with Crippen LogP contribution in [0.5, 0.6) is 0 Å². The summed E-state index contributed by atoms with van der Waals surface area (Å²) in [4.78, 5) is 4.49. The molecule has 0 aliphatic rings. The van der Waals surface area contributed by atoms with Crippen molar-refractivity contribution in [1.82, 2.24) is 4.98 Å². The number of pyridine rings is 1. The number of hydrogen-bond donors (Lipinski definition) is 1. The summed E-state index contributed by atoms with van der Waals surface area (Å²) in [6.07, 6.45) is -0.655. The lowest BCUT2D eigenvalue weighted by Crippen LogP contribution is -2.27. The van der Waals surface area contributed by atoms with Crippen molar-refractivity contribution < 1.29 is 13.9 Å². The highest BCUT2D eigenvalue weighted by Crippen LogP contribution is 2.32. The Morgan fingerprint density at radius 1 is 1.07 bits per heavy atom. The minimum absolute atomic E-state index is 0.232. The number of ether oxygens (including phenoxy) is 2. The first-order valence-corrected chi connectivity index (χ1v) is 10.1. The first-order chi connectivity index (χ1) is 13.2. The van der Waals surface area contributed by atoms with Gasteiger partial charge in [0.2, 0.25) is 6.29 Å². The molecule has 0 atom stereocenters. The van der Waals surface area contributed by atoms with Crippen molar-refractivity contribution in [2.75, 3.05) is 18.5 Å². The van der Waals surface area contributed by atoms with Gasteiger partial charge in [-0.3, -0.25) is 0 Å². The van der Waals surface area contributed by atoms with Crippen molar-refractivity contribution in [2.24, 2.45) is 0 Å². The van der Waals surface area contributed by atoms with Crippen molar-refractivity contribution in [1.29, 1.82) is 0 Å². The van der Waals surface area contributed by atoms with Gasteiger partial charge in [0.15, 0.2) is 5.82 Å². The van der Waals surface area contributed by atoms with Gasteiger partial charge in [0.1, 0.15) is 5.69 Å². The molecule has 0 saturated heterocycles. The zero-order valence-corrected chi connectivity index (χ0v) is 18.7. The third-order valence-electron chi connectivity index (χ3n) is 3.48. The number of anilines is 1. The number of aromatic nitrogens is 1. The van der Waals surface area contributed by atoms with E-state index in [9.17, 15) is 0 Å². The van der Waals surface area contributed by atoms with Crippen molar-refractivity contribution in [2.45, 2.75) is 60.3 Å². The maximum Gasteiger partial charge on any atom is 0.201 e. The molecule has 2 rings (SSSR count). The number of benzene rings is 1. The largest absolute Gasteiger partial charge is 0.378 e. The van der Waals surface area contributed by atoms with Gasteiger partial charge in [0.25, 0.3) is 0 Å². The standard InChI is InChI=1S/C20H26ClFN2O2.C2H6/c1-6-25-19(26-7-2)16-12-15(24-20(3,4)5)17(22)18(23-16)13-8-10-14(21)11-9-13;1-2/h8-12,19H,6-7H2,1-5H3,(H,23,24);1-2H3. The summed E-state index contributed by atoms with van der Waals surface area (Å²) in [5, 5.41) is 3.78. The molecule has 0 unspecified atom stereocenters. The topological polar surface area (TPSA) is 43.4 Å². The van der Waals surface area contributed by atoms with E-state index in [-0.39, 0.29) is 11.2 Å². The van der Waals surface area contributed by atoms with Crippen molar-refractivity contribution in [3.05, 3.63) is 46.9 Å². The SMILES string of the molecule is CC.CCOC(OCC)c1cc(NC(C)(C)C)c(F)c(-c2ccc(Cl)cc2)n1. The monoisotopic (exact) mass is 410 g/mol. The second-order valence-electron chi connectivity index (χ2n) is 6.88. The van der Waals surface area contributed by atoms with Crippen molar-refractivity contribution in [3.63, 3.8) is 0 Å². The summed E-state index contributed by atoms with van der Waals surface area (Å²) >= 11 is 5.96. The molecule has 0 saturated carbocycles. The first-order valence-electron chi connectivity index (χ1n) is 9.73. The van der Waals surface area contributed by atoms with Crippen LogP contribution < -0.4 is 5.32 Å². The van der Waals surface area contributed by atoms with Crippen LogP contribution in [0.2, 0.25) is 5.02 Å². The lowest BCUT2D eigenvalue weighted by Gasteiger charge is -2.25. The molecule has 0 amide bonds. The van der Waals surface area contributed by atoms with Gasteiger partial charge in [0.05, 0.1) is 11.4 Å². The van der Waals surface area contributed by atoms with E-state index in [1.54, 1.807) is 30.3 Å². The van der Waals surface area contributed by atoms with Gasteiger partial charge in [-0.05, 0) is 52.8 Å². The molecular formula is C22H32ClFN2O2. The van der Waals surface area contributed by atoms with E-state index in [0.29, 0.717) is 35.2 Å². The Balaban J connectivity index is 0.00000190. The molecule has 0 aliphatic carbocycles. The molecule has 2 aromatic rings. The molecule has 4 nitrogen and oxygen atoms in total. The molecule has 0 radical (unpaired) electrons. The van der Waals surface area contributed by atoms with Crippen LogP contribution in [0.3, 0.4) is 0 Å². The van der Waals surface area contributed by atoms with Crippen LogP contribution in [0.15, 0.2) is 30.3 Å². The van der Waals surface area contributed by atoms with E-state index < -0.39 is 12.1 Å². The van der Waals surface area contributed by atoms with Crippen LogP contribution in [0.1, 0.15) is 60.5 Å². The van der Waals surface area contributed by atoms with E-state index in [2.05, 4.69) is 10.3 Å². The number of rotatable bonds is 7. The van der Waals surface area contributed by atoms with Crippen LogP contribution in [0.4, 0.5) is 10.1 Å². The van der Waals surface area contributed by atoms with Gasteiger partial charge in [-0.15, -0.1) is 0 Å². The van der Waals surface area contributed by atoms with E-state index >= 15 is 4.39 Å². The maximum absolute atomic E-state index is 15.2. The molecule has 1 N–H and O–H groups in total. The fourth-order valence-corrected chi connectivity index (χ4v) is 2.61. The molecule has 0 bridgehead atoms. The van der Waals surface area contributed by atoms with E-state index in [4.69, 9.17) is 21.1 Å². The van der Waals surface area contributed by atoms with Gasteiger partial charge in [-0.25, -0.2) is 9.37 Å². The fourth-order valence-electron chi connectivity index (χ4n) is 2.49. The highest BCUT2D eigenvalue weighted by molar-refractivity contribution is 6.30. The average molecular weight is 411 g/mol. The Hall–Kier alpha value is -1.69. The second-order valence-corrected chi connectivity index (χ2v) is 7.32. The zero-order chi connectivity index (χ0) is 21.3. The number of nitrogens with one attached hydrogen (secondary N) is 1. The molecule has 156 valence electrons. The van der Waals surface area contributed by atoms with Crippen LogP contribution >= 0.6 is 11.6 Å². The molecule has 0 aliphatic heterocycles. The predicted octanol–water partition coefficient (Wildman–Crippen LogP) is 6.85. The highest BCUT2D eigenvalue weighted by atomic mass is 35.5. The molecule has 6 heteroatoms. The fraction of sp³-hybridized carbons (Fsp3) is 0.500. The lowest BCUT2D eigenvalue weighted by molar-refractivity contribution is -0.142. The minimum atomic E-state index is -0.655. The Bertz CT molecular complexity index is 725. The number of nitrogens with zero attached hydrogens (tertiary/aromatic N) is 1. The minimum Gasteiger partial charge on any atom is -0.378 e. The number of halogens is 2. The average Bonchev–Trinajstić information content (AvgIpc) is 2.65. The molecular weight excluding hydrogens is 379 g/mol. The highest BCUT2D eigenvalue weighted by Gasteiger charge is 2.22. The molecule has 0 fully saturated rings. The van der Waals surface area contributed by atoms with Gasteiger partial charge in [-0.1, -0.05) is 37.6 Å². The Kier molecular flexibility index (Phi) is 9.87. The third-order valence-corrected chi connectivity index (χ3v) is 3.73. The summed E-state index contributed by atoms with van der Waals surface area (Å²) in [6.45, 7) is 14.6. The summed E-state index contributed by atoms with van der Waals surface area (Å²) in [5.41, 5.74) is 1.43. The molecule has 0 spiro atoms. The Morgan fingerprint density at radius 3 is 2.07 bits per heavy atom. The van der Waals surface area contributed by atoms with Crippen LogP contribution in [-0.4, -0.2) is 23.7 Å². The van der Waals surface area contributed by atoms with Crippen LogP contribution in [0.25, 0.3) is 11.3 Å². The normalized spacial score (nSPS) is 11.2. The first kappa shape index (κ1) is 24.3. The van der Waals surface area contributed by atoms with Gasteiger partial charge >= 0.3 is 0 Å². The zero-order valence-electron chi connectivity index (χ0n) is 17.9. The van der Waals surface area contributed by atoms with Crippen molar-refractivity contribution >= 4 is 17.3 Å². The van der Waals surface area contributed by atoms with Gasteiger partial charge in [-0.2, -0.15) is 0 Å². The number of hydrogen-bond acceptors (Lipinski definition) is 4. The predicted molar refractivity (Wildman–Crippen MR) is 115 cm³/mol. The van der Waals surface area contributed by atoms with Crippen molar-refractivity contribution in [3.8, 4) is 11.3 Å². The van der Waals surface area contributed by atoms with E-state index in [1.807, 2.05) is 48.5 Å². The second kappa shape index (κ2) is 11.3. The molecule has 1 heterocycles. The summed E-state index contributed by atoms with van der Waals surface area (Å²) in [5.74, 6) is -0.419. The quantitative estimate of drug-likeness (QED) is 0.507. The molecule has 1 aromatic carbocycles. The lowest BCUT2D eigenvalue weighted by atomic mass is 10.1. The van der Waals surface area contributed by atoms with E-state index in [0.717, 1.165) is 0 Å². The van der Waals surface area contributed by atoms with Crippen LogP contribution in [0, 0.1) is 5.82 Å². The Labute approximate surface area is 173 Å². The maximum atomic E-state index is 15.2. The summed E-state index contributed by atoms with van der Waals surface area (Å²) in [6, 6.07) is 8.56. The summed E-state index contributed by atoms with van der Waals surface area (Å²) < 4.78 is 26.5. The Morgan fingerprint density at radius 2 is 1.61 bits per heavy atom. The smallest absolute Gasteiger partial charge is 0.201 e.